The van der Waals surface area contributed by atoms with Gasteiger partial charge in [0.2, 0.25) is 0 Å². The molecule has 2 unspecified atom stereocenters. The number of rotatable bonds is 2. The van der Waals surface area contributed by atoms with Crippen molar-refractivity contribution in [2.24, 2.45) is 5.92 Å². The van der Waals surface area contributed by atoms with Crippen molar-refractivity contribution >= 4 is 5.97 Å². The first-order valence-corrected chi connectivity index (χ1v) is 6.37. The smallest absolute Gasteiger partial charge is 0.306 e. The first-order chi connectivity index (χ1) is 7.68. The second kappa shape index (κ2) is 5.15. The van der Waals surface area contributed by atoms with Crippen LogP contribution in [0.4, 0.5) is 0 Å². The Kier molecular flexibility index (Phi) is 3.82. The molecule has 2 atom stereocenters. The molecule has 0 aromatic carbocycles. The number of aliphatic carboxylic acids is 1. The average Bonchev–Trinajstić information content (AvgIpc) is 2.30. The molecule has 92 valence electrons. The van der Waals surface area contributed by atoms with Gasteiger partial charge < -0.3 is 10.4 Å². The molecule has 0 radical (unpaired) electrons. The number of piperidine rings is 2. The van der Waals surface area contributed by atoms with Crippen LogP contribution in [0, 0.1) is 5.92 Å². The standard InChI is InChI=1S/C12H22N2O2/c1-9-8-10(12(15)16)4-7-14(9)11-2-5-13-6-3-11/h9-11,13H,2-8H2,1H3,(H,15,16). The molecule has 16 heavy (non-hydrogen) atoms. The minimum Gasteiger partial charge on any atom is -0.481 e. The van der Waals surface area contributed by atoms with E-state index in [9.17, 15) is 4.79 Å². The zero-order valence-corrected chi connectivity index (χ0v) is 9.98. The number of carboxylic acid groups (broad SMARTS) is 1. The maximum Gasteiger partial charge on any atom is 0.306 e. The zero-order chi connectivity index (χ0) is 11.5. The summed E-state index contributed by atoms with van der Waals surface area (Å²) in [5.74, 6) is -0.732. The molecule has 2 aliphatic rings. The van der Waals surface area contributed by atoms with Crippen LogP contribution in [0.1, 0.15) is 32.6 Å². The van der Waals surface area contributed by atoms with Crippen LogP contribution < -0.4 is 5.32 Å². The van der Waals surface area contributed by atoms with E-state index in [1.165, 1.54) is 12.8 Å². The average molecular weight is 226 g/mol. The fraction of sp³-hybridized carbons (Fsp3) is 0.917. The minimum absolute atomic E-state index is 0.118. The van der Waals surface area contributed by atoms with E-state index in [-0.39, 0.29) is 5.92 Å². The Hall–Kier alpha value is -0.610. The van der Waals surface area contributed by atoms with Gasteiger partial charge in [-0.2, -0.15) is 0 Å². The lowest BCUT2D eigenvalue weighted by Crippen LogP contribution is -2.51. The van der Waals surface area contributed by atoms with Gasteiger partial charge >= 0.3 is 5.97 Å². The molecule has 2 heterocycles. The monoisotopic (exact) mass is 226 g/mol. The van der Waals surface area contributed by atoms with Gasteiger partial charge in [-0.25, -0.2) is 0 Å². The molecule has 2 fully saturated rings. The van der Waals surface area contributed by atoms with Crippen LogP contribution in [0.2, 0.25) is 0 Å². The topological polar surface area (TPSA) is 52.6 Å². The molecule has 0 aromatic rings. The highest BCUT2D eigenvalue weighted by atomic mass is 16.4. The van der Waals surface area contributed by atoms with Crippen molar-refractivity contribution in [1.82, 2.24) is 10.2 Å². The highest BCUT2D eigenvalue weighted by molar-refractivity contribution is 5.70. The van der Waals surface area contributed by atoms with Crippen molar-refractivity contribution in [2.75, 3.05) is 19.6 Å². The Bertz CT molecular complexity index is 251. The van der Waals surface area contributed by atoms with Crippen LogP contribution >= 0.6 is 0 Å². The maximum absolute atomic E-state index is 11.0. The quantitative estimate of drug-likeness (QED) is 0.735. The SMILES string of the molecule is CC1CC(C(=O)O)CCN1C1CCNCC1. The largest absolute Gasteiger partial charge is 0.481 e. The molecular formula is C12H22N2O2. The lowest BCUT2D eigenvalue weighted by molar-refractivity contribution is -0.144. The number of carboxylic acids is 1. The zero-order valence-electron chi connectivity index (χ0n) is 9.98. The Morgan fingerprint density at radius 2 is 2.00 bits per heavy atom. The van der Waals surface area contributed by atoms with Gasteiger partial charge in [-0.15, -0.1) is 0 Å². The molecule has 0 bridgehead atoms. The third-order valence-electron chi connectivity index (χ3n) is 4.05. The summed E-state index contributed by atoms with van der Waals surface area (Å²) in [6.07, 6.45) is 4.06. The van der Waals surface area contributed by atoms with E-state index in [0.29, 0.717) is 12.1 Å². The second-order valence-electron chi connectivity index (χ2n) is 5.13. The van der Waals surface area contributed by atoms with Crippen molar-refractivity contribution in [3.63, 3.8) is 0 Å². The molecule has 0 spiro atoms. The van der Waals surface area contributed by atoms with E-state index in [0.717, 1.165) is 32.5 Å². The van der Waals surface area contributed by atoms with Crippen LogP contribution in [-0.2, 0) is 4.79 Å². The normalized spacial score (nSPS) is 33.8. The van der Waals surface area contributed by atoms with Gasteiger partial charge in [0.1, 0.15) is 0 Å². The van der Waals surface area contributed by atoms with E-state index >= 15 is 0 Å². The molecule has 4 nitrogen and oxygen atoms in total. The fourth-order valence-electron chi connectivity index (χ4n) is 3.10. The van der Waals surface area contributed by atoms with Crippen molar-refractivity contribution in [3.05, 3.63) is 0 Å². The third-order valence-corrected chi connectivity index (χ3v) is 4.05. The third kappa shape index (κ3) is 2.55. The molecule has 0 aromatic heterocycles. The number of hydrogen-bond acceptors (Lipinski definition) is 3. The summed E-state index contributed by atoms with van der Waals surface area (Å²) in [7, 11) is 0. The van der Waals surface area contributed by atoms with Gasteiger partial charge in [-0.05, 0) is 52.2 Å². The molecular weight excluding hydrogens is 204 g/mol. The maximum atomic E-state index is 11.0. The van der Waals surface area contributed by atoms with Crippen LogP contribution in [-0.4, -0.2) is 47.7 Å². The van der Waals surface area contributed by atoms with Crippen molar-refractivity contribution in [3.8, 4) is 0 Å². The first-order valence-electron chi connectivity index (χ1n) is 6.37. The van der Waals surface area contributed by atoms with Gasteiger partial charge in [-0.3, -0.25) is 9.69 Å². The molecule has 2 saturated heterocycles. The molecule has 2 aliphatic heterocycles. The van der Waals surface area contributed by atoms with Gasteiger partial charge in [0.05, 0.1) is 5.92 Å². The van der Waals surface area contributed by atoms with Crippen LogP contribution in [0.25, 0.3) is 0 Å². The summed E-state index contributed by atoms with van der Waals surface area (Å²) in [5.41, 5.74) is 0. The number of hydrogen-bond donors (Lipinski definition) is 2. The van der Waals surface area contributed by atoms with E-state index in [1.807, 2.05) is 0 Å². The Morgan fingerprint density at radius 1 is 1.31 bits per heavy atom. The summed E-state index contributed by atoms with van der Waals surface area (Å²) in [6.45, 7) is 5.35. The van der Waals surface area contributed by atoms with E-state index < -0.39 is 5.97 Å². The predicted molar refractivity (Wildman–Crippen MR) is 62.4 cm³/mol. The van der Waals surface area contributed by atoms with Crippen molar-refractivity contribution < 1.29 is 9.90 Å². The molecule has 2 N–H and O–H groups in total. The molecule has 4 heteroatoms. The Balaban J connectivity index is 1.90. The van der Waals surface area contributed by atoms with Gasteiger partial charge in [0, 0.05) is 12.1 Å². The summed E-state index contributed by atoms with van der Waals surface area (Å²) in [6, 6.07) is 1.10. The molecule has 0 amide bonds. The summed E-state index contributed by atoms with van der Waals surface area (Å²) < 4.78 is 0. The number of nitrogens with zero attached hydrogens (tertiary/aromatic N) is 1. The van der Waals surface area contributed by atoms with Crippen LogP contribution in [0.3, 0.4) is 0 Å². The minimum atomic E-state index is -0.614. The highest BCUT2D eigenvalue weighted by Gasteiger charge is 2.33. The summed E-state index contributed by atoms with van der Waals surface area (Å²) in [4.78, 5) is 13.5. The summed E-state index contributed by atoms with van der Waals surface area (Å²) >= 11 is 0. The van der Waals surface area contributed by atoms with E-state index in [4.69, 9.17) is 5.11 Å². The first kappa shape index (κ1) is 11.9. The van der Waals surface area contributed by atoms with Crippen molar-refractivity contribution in [2.45, 2.75) is 44.7 Å². The van der Waals surface area contributed by atoms with Gasteiger partial charge in [0.25, 0.3) is 0 Å². The van der Waals surface area contributed by atoms with Gasteiger partial charge in [-0.1, -0.05) is 0 Å². The molecule has 0 saturated carbocycles. The Morgan fingerprint density at radius 3 is 2.56 bits per heavy atom. The highest BCUT2D eigenvalue weighted by Crippen LogP contribution is 2.27. The Labute approximate surface area is 97.0 Å². The number of likely N-dealkylation sites (tertiary alicyclic amines) is 1. The number of nitrogens with one attached hydrogen (secondary N) is 1. The lowest BCUT2D eigenvalue weighted by Gasteiger charge is -2.43. The van der Waals surface area contributed by atoms with Gasteiger partial charge in [0.15, 0.2) is 0 Å². The number of carbonyl (C=O) groups is 1. The van der Waals surface area contributed by atoms with Crippen molar-refractivity contribution in [1.29, 1.82) is 0 Å². The lowest BCUT2D eigenvalue weighted by atomic mass is 9.89. The molecule has 2 rings (SSSR count). The fourth-order valence-corrected chi connectivity index (χ4v) is 3.10. The van der Waals surface area contributed by atoms with Crippen LogP contribution in [0.15, 0.2) is 0 Å². The second-order valence-corrected chi connectivity index (χ2v) is 5.13. The van der Waals surface area contributed by atoms with E-state index in [2.05, 4.69) is 17.1 Å². The summed E-state index contributed by atoms with van der Waals surface area (Å²) in [5, 5.41) is 12.4. The molecule has 0 aliphatic carbocycles. The van der Waals surface area contributed by atoms with E-state index in [1.54, 1.807) is 0 Å². The van der Waals surface area contributed by atoms with Crippen LogP contribution in [0.5, 0.6) is 0 Å². The predicted octanol–water partition coefficient (Wildman–Crippen LogP) is 0.923.